The summed E-state index contributed by atoms with van der Waals surface area (Å²) < 4.78 is 15.8. The van der Waals surface area contributed by atoms with Crippen molar-refractivity contribution in [3.05, 3.63) is 17.9 Å². The lowest BCUT2D eigenvalue weighted by atomic mass is 9.88. The number of nitrogens with one attached hydrogen (secondary N) is 3. The molecular weight excluding hydrogens is 532 g/mol. The van der Waals surface area contributed by atoms with Crippen LogP contribution in [0.1, 0.15) is 42.7 Å². The number of piperazine rings is 2. The number of carbonyl (C=O) groups excluding carboxylic acids is 4. The lowest BCUT2D eigenvalue weighted by Gasteiger charge is -2.36. The predicted molar refractivity (Wildman–Crippen MR) is 150 cm³/mol. The molecule has 1 aromatic rings. The topological polar surface area (TPSA) is 146 Å². The summed E-state index contributed by atoms with van der Waals surface area (Å²) in [5.74, 6) is -0.851. The van der Waals surface area contributed by atoms with E-state index < -0.39 is 29.9 Å². The van der Waals surface area contributed by atoms with Crippen LogP contribution in [0.4, 0.5) is 5.88 Å². The molecule has 1 saturated carbocycles. The summed E-state index contributed by atoms with van der Waals surface area (Å²) in [6, 6.07) is 1.83. The highest BCUT2D eigenvalue weighted by atomic mass is 16.5. The summed E-state index contributed by atoms with van der Waals surface area (Å²) in [4.78, 5) is 56.7. The molecule has 4 rings (SSSR count). The number of amides is 2. The monoisotopic (exact) mass is 576 g/mol. The molecule has 2 atom stereocenters. The second-order valence-corrected chi connectivity index (χ2v) is 10.9. The summed E-state index contributed by atoms with van der Waals surface area (Å²) in [7, 11) is 2.64. The van der Waals surface area contributed by atoms with Gasteiger partial charge >= 0.3 is 11.9 Å². The highest BCUT2D eigenvalue weighted by Gasteiger charge is 2.31. The van der Waals surface area contributed by atoms with Crippen LogP contribution in [0.2, 0.25) is 0 Å². The number of anilines is 1. The third-order valence-electron chi connectivity index (χ3n) is 8.16. The third kappa shape index (κ3) is 8.66. The summed E-state index contributed by atoms with van der Waals surface area (Å²) in [5.41, 5.74) is 0. The van der Waals surface area contributed by atoms with Gasteiger partial charge in [0.1, 0.15) is 12.1 Å². The van der Waals surface area contributed by atoms with Crippen molar-refractivity contribution in [1.82, 2.24) is 25.8 Å². The molecular formula is C28H44N6O7. The van der Waals surface area contributed by atoms with Gasteiger partial charge in [-0.15, -0.1) is 0 Å². The van der Waals surface area contributed by atoms with E-state index in [1.807, 2.05) is 4.90 Å². The van der Waals surface area contributed by atoms with E-state index in [0.717, 1.165) is 58.3 Å². The molecule has 2 amide bonds. The van der Waals surface area contributed by atoms with Gasteiger partial charge in [-0.1, -0.05) is 19.3 Å². The lowest BCUT2D eigenvalue weighted by Crippen LogP contribution is -2.54. The van der Waals surface area contributed by atoms with Gasteiger partial charge < -0.3 is 34.7 Å². The minimum absolute atomic E-state index is 0.0388. The zero-order chi connectivity index (χ0) is 29.2. The Labute approximate surface area is 241 Å². The predicted octanol–water partition coefficient (Wildman–Crippen LogP) is -0.184. The van der Waals surface area contributed by atoms with Gasteiger partial charge in [0.25, 0.3) is 5.91 Å². The second kappa shape index (κ2) is 15.2. The van der Waals surface area contributed by atoms with Crippen LogP contribution >= 0.6 is 0 Å². The Morgan fingerprint density at radius 3 is 2.05 bits per heavy atom. The molecule has 3 aliphatic rings. The molecule has 0 spiro atoms. The smallest absolute Gasteiger partial charge is 0.329 e. The van der Waals surface area contributed by atoms with Gasteiger partial charge in [-0.2, -0.15) is 0 Å². The van der Waals surface area contributed by atoms with E-state index in [0.29, 0.717) is 45.2 Å². The molecule has 2 aliphatic heterocycles. The minimum Gasteiger partial charge on any atom is -0.467 e. The van der Waals surface area contributed by atoms with Crippen LogP contribution in [-0.4, -0.2) is 125 Å². The van der Waals surface area contributed by atoms with Gasteiger partial charge in [0, 0.05) is 77.4 Å². The summed E-state index contributed by atoms with van der Waals surface area (Å²) >= 11 is 0. The van der Waals surface area contributed by atoms with Crippen molar-refractivity contribution in [2.45, 2.75) is 44.2 Å². The molecule has 3 heterocycles. The van der Waals surface area contributed by atoms with Gasteiger partial charge in [-0.05, 0) is 18.9 Å². The van der Waals surface area contributed by atoms with E-state index in [2.05, 4.69) is 25.8 Å². The zero-order valence-corrected chi connectivity index (χ0v) is 24.2. The second-order valence-electron chi connectivity index (χ2n) is 10.9. The van der Waals surface area contributed by atoms with Crippen LogP contribution in [0.5, 0.6) is 0 Å². The molecule has 41 heavy (non-hydrogen) atoms. The van der Waals surface area contributed by atoms with Crippen LogP contribution in [0.3, 0.4) is 0 Å². The lowest BCUT2D eigenvalue weighted by molar-refractivity contribution is -0.146. The van der Waals surface area contributed by atoms with E-state index in [1.54, 1.807) is 12.1 Å². The van der Waals surface area contributed by atoms with Gasteiger partial charge in [-0.3, -0.25) is 19.4 Å². The van der Waals surface area contributed by atoms with E-state index in [1.165, 1.54) is 14.2 Å². The van der Waals surface area contributed by atoms with Crippen molar-refractivity contribution in [2.24, 2.45) is 5.92 Å². The molecule has 13 heteroatoms. The Bertz CT molecular complexity index is 1030. The Balaban J connectivity index is 1.28. The normalized spacial score (nSPS) is 20.6. The molecule has 2 unspecified atom stereocenters. The fourth-order valence-electron chi connectivity index (χ4n) is 5.71. The first-order valence-corrected chi connectivity index (χ1v) is 14.6. The van der Waals surface area contributed by atoms with Crippen LogP contribution in [-0.2, 0) is 23.9 Å². The fourth-order valence-corrected chi connectivity index (χ4v) is 5.71. The largest absolute Gasteiger partial charge is 0.467 e. The van der Waals surface area contributed by atoms with Gasteiger partial charge in [0.2, 0.25) is 5.91 Å². The van der Waals surface area contributed by atoms with Crippen molar-refractivity contribution in [2.75, 3.05) is 84.6 Å². The number of rotatable bonds is 11. The van der Waals surface area contributed by atoms with Crippen molar-refractivity contribution >= 4 is 29.6 Å². The highest BCUT2D eigenvalue weighted by Crippen LogP contribution is 2.24. The first-order valence-electron chi connectivity index (χ1n) is 14.6. The average molecular weight is 577 g/mol. The van der Waals surface area contributed by atoms with Gasteiger partial charge in [0.15, 0.2) is 11.6 Å². The van der Waals surface area contributed by atoms with Crippen molar-refractivity contribution in [3.8, 4) is 0 Å². The van der Waals surface area contributed by atoms with E-state index >= 15 is 0 Å². The molecule has 228 valence electrons. The quantitative estimate of drug-likeness (QED) is 0.302. The summed E-state index contributed by atoms with van der Waals surface area (Å²) in [5, 5.41) is 8.95. The maximum absolute atomic E-state index is 12.9. The van der Waals surface area contributed by atoms with Crippen LogP contribution in [0.25, 0.3) is 0 Å². The summed E-state index contributed by atoms with van der Waals surface area (Å²) in [6.07, 6.45) is 4.96. The Kier molecular flexibility index (Phi) is 11.4. The molecule has 1 aliphatic carbocycles. The Morgan fingerprint density at radius 1 is 0.854 bits per heavy atom. The number of methoxy groups -OCH3 is 2. The van der Waals surface area contributed by atoms with E-state index in [-0.39, 0.29) is 17.6 Å². The summed E-state index contributed by atoms with van der Waals surface area (Å²) in [6.45, 7) is 6.48. The first-order chi connectivity index (χ1) is 19.9. The number of ether oxygens (including phenoxy) is 2. The highest BCUT2D eigenvalue weighted by molar-refractivity contribution is 5.95. The fraction of sp³-hybridized carbons (Fsp3) is 0.714. The first kappa shape index (κ1) is 30.8. The SMILES string of the molecule is COC(=O)C(CN1CCNCC1)NC(=O)c1ccc(N2CCN(CC(NC(=O)C3CCCCC3)C(=O)OC)CC2)o1. The number of carbonyl (C=O) groups is 4. The van der Waals surface area contributed by atoms with E-state index in [9.17, 15) is 19.2 Å². The van der Waals surface area contributed by atoms with Gasteiger partial charge in [0.05, 0.1) is 14.2 Å². The van der Waals surface area contributed by atoms with Crippen molar-refractivity contribution < 1.29 is 33.1 Å². The van der Waals surface area contributed by atoms with Crippen LogP contribution in [0, 0.1) is 5.92 Å². The number of hydrogen-bond donors (Lipinski definition) is 3. The standard InChI is InChI=1S/C28H44N6O7/c1-39-27(37)21(30-25(35)20-6-4-3-5-7-20)19-33-14-16-34(17-15-33)24-9-8-23(41-24)26(36)31-22(28(38)40-2)18-32-12-10-29-11-13-32/h8-9,20-22,29H,3-7,10-19H2,1-2H3,(H,30,35)(H,31,36). The minimum atomic E-state index is -0.802. The molecule has 2 saturated heterocycles. The Hall–Kier alpha value is -3.16. The molecule has 0 radical (unpaired) electrons. The van der Waals surface area contributed by atoms with Gasteiger partial charge in [-0.25, -0.2) is 9.59 Å². The van der Waals surface area contributed by atoms with Crippen LogP contribution < -0.4 is 20.9 Å². The maximum atomic E-state index is 12.9. The number of furan rings is 1. The Morgan fingerprint density at radius 2 is 1.44 bits per heavy atom. The number of nitrogens with zero attached hydrogens (tertiary/aromatic N) is 3. The molecule has 3 N–H and O–H groups in total. The third-order valence-corrected chi connectivity index (χ3v) is 8.16. The molecule has 1 aromatic heterocycles. The molecule has 0 aromatic carbocycles. The van der Waals surface area contributed by atoms with Crippen molar-refractivity contribution in [1.29, 1.82) is 0 Å². The van der Waals surface area contributed by atoms with E-state index in [4.69, 9.17) is 13.9 Å². The molecule has 3 fully saturated rings. The van der Waals surface area contributed by atoms with Crippen molar-refractivity contribution in [3.63, 3.8) is 0 Å². The molecule has 13 nitrogen and oxygen atoms in total. The molecule has 0 bridgehead atoms. The number of hydrogen-bond acceptors (Lipinski definition) is 11. The average Bonchev–Trinajstić information content (AvgIpc) is 3.51. The zero-order valence-electron chi connectivity index (χ0n) is 24.2. The number of esters is 2. The maximum Gasteiger partial charge on any atom is 0.329 e. The van der Waals surface area contributed by atoms with Crippen LogP contribution in [0.15, 0.2) is 16.5 Å².